The molecule has 4 aromatic rings. The highest BCUT2D eigenvalue weighted by Gasteiger charge is 2.14. The van der Waals surface area contributed by atoms with Crippen LogP contribution in [-0.2, 0) is 0 Å². The maximum absolute atomic E-state index is 10.1. The highest BCUT2D eigenvalue weighted by Crippen LogP contribution is 2.34. The van der Waals surface area contributed by atoms with E-state index in [2.05, 4.69) is 29.3 Å². The molecule has 134 valence electrons. The summed E-state index contributed by atoms with van der Waals surface area (Å²) >= 11 is 0. The second-order valence-corrected chi connectivity index (χ2v) is 6.77. The molecule has 0 unspecified atom stereocenters. The summed E-state index contributed by atoms with van der Waals surface area (Å²) in [5, 5.41) is 18.8. The van der Waals surface area contributed by atoms with E-state index in [0.717, 1.165) is 28.0 Å². The zero-order valence-electron chi connectivity index (χ0n) is 15.5. The van der Waals surface area contributed by atoms with Gasteiger partial charge >= 0.3 is 0 Å². The number of aromatic hydroxyl groups is 1. The minimum absolute atomic E-state index is 0.103. The molecule has 1 N–H and O–H groups in total. The van der Waals surface area contributed by atoms with Crippen LogP contribution in [0.1, 0.15) is 16.7 Å². The standard InChI is InChI=1S/C22H20N4O/c1-14-4-7-17(8-5-14)21-22(26-11-10-16(3)13-20(26)23-21)25-24-18-12-15(2)6-9-19(18)27/h4-13,27H,1-3H3. The Hall–Kier alpha value is -3.47. The number of phenols is 1. The van der Waals surface area contributed by atoms with Crippen LogP contribution in [0.15, 0.2) is 71.0 Å². The normalized spacial score (nSPS) is 11.5. The van der Waals surface area contributed by atoms with Gasteiger partial charge in [-0.3, -0.25) is 4.40 Å². The van der Waals surface area contributed by atoms with Crippen LogP contribution in [0.25, 0.3) is 16.9 Å². The summed E-state index contributed by atoms with van der Waals surface area (Å²) in [4.78, 5) is 4.77. The molecule has 0 saturated carbocycles. The van der Waals surface area contributed by atoms with Crippen molar-refractivity contribution in [2.75, 3.05) is 0 Å². The lowest BCUT2D eigenvalue weighted by Gasteiger charge is -2.02. The van der Waals surface area contributed by atoms with Gasteiger partial charge in [-0.2, -0.15) is 0 Å². The molecule has 5 heteroatoms. The number of aromatic nitrogens is 2. The topological polar surface area (TPSA) is 62.2 Å². The molecule has 0 aliphatic heterocycles. The summed E-state index contributed by atoms with van der Waals surface area (Å²) in [5.41, 5.74) is 6.31. The number of phenolic OH excluding ortho intramolecular Hbond substituents is 1. The number of hydrogen-bond donors (Lipinski definition) is 1. The number of azo groups is 1. The Morgan fingerprint density at radius 3 is 2.30 bits per heavy atom. The van der Waals surface area contributed by atoms with E-state index in [0.29, 0.717) is 11.5 Å². The Morgan fingerprint density at radius 1 is 0.815 bits per heavy atom. The maximum Gasteiger partial charge on any atom is 0.187 e. The van der Waals surface area contributed by atoms with Crippen LogP contribution >= 0.6 is 0 Å². The van der Waals surface area contributed by atoms with Crippen molar-refractivity contribution in [3.63, 3.8) is 0 Å². The molecule has 0 aliphatic carbocycles. The molecule has 0 aliphatic rings. The van der Waals surface area contributed by atoms with E-state index < -0.39 is 0 Å². The monoisotopic (exact) mass is 356 g/mol. The quantitative estimate of drug-likeness (QED) is 0.454. The van der Waals surface area contributed by atoms with Crippen LogP contribution in [0.5, 0.6) is 5.75 Å². The van der Waals surface area contributed by atoms with Crippen LogP contribution < -0.4 is 0 Å². The number of aryl methyl sites for hydroxylation is 3. The van der Waals surface area contributed by atoms with E-state index >= 15 is 0 Å². The highest BCUT2D eigenvalue weighted by atomic mass is 16.3. The van der Waals surface area contributed by atoms with E-state index in [1.165, 1.54) is 5.56 Å². The van der Waals surface area contributed by atoms with Crippen LogP contribution in [0.3, 0.4) is 0 Å². The van der Waals surface area contributed by atoms with Crippen LogP contribution in [0, 0.1) is 20.8 Å². The molecule has 27 heavy (non-hydrogen) atoms. The van der Waals surface area contributed by atoms with Gasteiger partial charge in [0.1, 0.15) is 22.8 Å². The van der Waals surface area contributed by atoms with Gasteiger partial charge in [0.15, 0.2) is 5.82 Å². The largest absolute Gasteiger partial charge is 0.506 e. The van der Waals surface area contributed by atoms with Gasteiger partial charge in [-0.25, -0.2) is 4.98 Å². The molecular formula is C22H20N4O. The average molecular weight is 356 g/mol. The third-order valence-electron chi connectivity index (χ3n) is 4.46. The van der Waals surface area contributed by atoms with Crippen molar-refractivity contribution in [2.24, 2.45) is 10.2 Å². The van der Waals surface area contributed by atoms with Crippen molar-refractivity contribution in [3.8, 4) is 17.0 Å². The number of nitrogens with zero attached hydrogens (tertiary/aromatic N) is 4. The van der Waals surface area contributed by atoms with Crippen molar-refractivity contribution < 1.29 is 5.11 Å². The maximum atomic E-state index is 10.1. The number of rotatable bonds is 3. The Balaban J connectivity index is 1.89. The van der Waals surface area contributed by atoms with Gasteiger partial charge in [-0.15, -0.1) is 10.2 Å². The molecule has 4 rings (SSSR count). The van der Waals surface area contributed by atoms with Crippen LogP contribution in [0.2, 0.25) is 0 Å². The van der Waals surface area contributed by atoms with E-state index in [4.69, 9.17) is 4.98 Å². The predicted molar refractivity (Wildman–Crippen MR) is 107 cm³/mol. The number of imidazole rings is 1. The summed E-state index contributed by atoms with van der Waals surface area (Å²) < 4.78 is 1.92. The third-order valence-corrected chi connectivity index (χ3v) is 4.46. The number of benzene rings is 2. The highest BCUT2D eigenvalue weighted by molar-refractivity contribution is 5.74. The van der Waals surface area contributed by atoms with E-state index in [1.54, 1.807) is 12.1 Å². The SMILES string of the molecule is Cc1ccc(-c2nc3cc(C)ccn3c2N=Nc2cc(C)ccc2O)cc1. The fourth-order valence-corrected chi connectivity index (χ4v) is 2.95. The molecule has 0 fully saturated rings. The second-order valence-electron chi connectivity index (χ2n) is 6.77. The molecule has 0 amide bonds. The Labute approximate surface area is 157 Å². The van der Waals surface area contributed by atoms with Gasteiger partial charge in [0.05, 0.1) is 0 Å². The Morgan fingerprint density at radius 2 is 1.52 bits per heavy atom. The van der Waals surface area contributed by atoms with E-state index in [-0.39, 0.29) is 5.75 Å². The molecule has 2 aromatic heterocycles. The van der Waals surface area contributed by atoms with Crippen LogP contribution in [0.4, 0.5) is 11.5 Å². The second kappa shape index (κ2) is 6.68. The van der Waals surface area contributed by atoms with Crippen molar-refractivity contribution in [3.05, 3.63) is 77.5 Å². The van der Waals surface area contributed by atoms with Crippen molar-refractivity contribution >= 4 is 17.2 Å². The minimum Gasteiger partial charge on any atom is -0.506 e. The lowest BCUT2D eigenvalue weighted by Crippen LogP contribution is -1.84. The Bertz CT molecular complexity index is 1160. The first-order chi connectivity index (χ1) is 13.0. The van der Waals surface area contributed by atoms with Gasteiger partial charge in [-0.05, 0) is 56.2 Å². The molecule has 2 heterocycles. The summed E-state index contributed by atoms with van der Waals surface area (Å²) in [7, 11) is 0. The molecular weight excluding hydrogens is 336 g/mol. The Kier molecular flexibility index (Phi) is 4.20. The molecule has 0 atom stereocenters. The lowest BCUT2D eigenvalue weighted by atomic mass is 10.1. The zero-order valence-corrected chi connectivity index (χ0v) is 15.5. The van der Waals surface area contributed by atoms with Crippen LogP contribution in [-0.4, -0.2) is 14.5 Å². The first kappa shape index (κ1) is 17.0. The number of fused-ring (bicyclic) bond motifs is 1. The summed E-state index contributed by atoms with van der Waals surface area (Å²) in [6.45, 7) is 6.04. The summed E-state index contributed by atoms with van der Waals surface area (Å²) in [6.07, 6.45) is 1.94. The van der Waals surface area contributed by atoms with E-state index in [1.807, 2.05) is 54.8 Å². The molecule has 2 aromatic carbocycles. The van der Waals surface area contributed by atoms with Crippen molar-refractivity contribution in [2.45, 2.75) is 20.8 Å². The molecule has 5 nitrogen and oxygen atoms in total. The minimum atomic E-state index is 0.103. The number of pyridine rings is 1. The average Bonchev–Trinajstić information content (AvgIpc) is 3.00. The zero-order chi connectivity index (χ0) is 19.0. The third kappa shape index (κ3) is 3.31. The molecule has 0 radical (unpaired) electrons. The fourth-order valence-electron chi connectivity index (χ4n) is 2.95. The smallest absolute Gasteiger partial charge is 0.187 e. The van der Waals surface area contributed by atoms with Gasteiger partial charge < -0.3 is 5.11 Å². The van der Waals surface area contributed by atoms with Gasteiger partial charge in [-0.1, -0.05) is 35.9 Å². The van der Waals surface area contributed by atoms with Gasteiger partial charge in [0, 0.05) is 11.8 Å². The first-order valence-corrected chi connectivity index (χ1v) is 8.78. The van der Waals surface area contributed by atoms with Gasteiger partial charge in [0.25, 0.3) is 0 Å². The molecule has 0 bridgehead atoms. The summed E-state index contributed by atoms with van der Waals surface area (Å²) in [6, 6.07) is 17.5. The van der Waals surface area contributed by atoms with Crippen molar-refractivity contribution in [1.29, 1.82) is 0 Å². The van der Waals surface area contributed by atoms with Crippen molar-refractivity contribution in [1.82, 2.24) is 9.38 Å². The van der Waals surface area contributed by atoms with Gasteiger partial charge in [0.2, 0.25) is 0 Å². The lowest BCUT2D eigenvalue weighted by molar-refractivity contribution is 0.476. The number of hydrogen-bond acceptors (Lipinski definition) is 4. The summed E-state index contributed by atoms with van der Waals surface area (Å²) in [5.74, 6) is 0.737. The predicted octanol–water partition coefficient (Wildman–Crippen LogP) is 6.05. The first-order valence-electron chi connectivity index (χ1n) is 8.78. The van der Waals surface area contributed by atoms with E-state index in [9.17, 15) is 5.11 Å². The molecule has 0 spiro atoms. The fraction of sp³-hybridized carbons (Fsp3) is 0.136. The molecule has 0 saturated heterocycles.